The van der Waals surface area contributed by atoms with Gasteiger partial charge in [0.1, 0.15) is 30.0 Å². The van der Waals surface area contributed by atoms with Crippen LogP contribution >= 0.6 is 23.5 Å². The van der Waals surface area contributed by atoms with Crippen molar-refractivity contribution in [3.63, 3.8) is 0 Å². The van der Waals surface area contributed by atoms with Crippen molar-refractivity contribution in [2.75, 3.05) is 12.3 Å². The van der Waals surface area contributed by atoms with Crippen LogP contribution in [0.5, 0.6) is 0 Å². The Kier molecular flexibility index (Phi) is 8.50. The lowest BCUT2D eigenvalue weighted by molar-refractivity contribution is -0.0322. The summed E-state index contributed by atoms with van der Waals surface area (Å²) in [6, 6.07) is 0. The van der Waals surface area contributed by atoms with E-state index >= 15 is 0 Å². The van der Waals surface area contributed by atoms with Gasteiger partial charge in [-0.1, -0.05) is 6.58 Å². The van der Waals surface area contributed by atoms with Crippen molar-refractivity contribution in [1.82, 2.24) is 15.0 Å². The van der Waals surface area contributed by atoms with Gasteiger partial charge in [0.25, 0.3) is 0 Å². The first-order chi connectivity index (χ1) is 14.7. The zero-order valence-corrected chi connectivity index (χ0v) is 18.6. The Labute approximate surface area is 179 Å². The van der Waals surface area contributed by atoms with Crippen molar-refractivity contribution in [2.45, 2.75) is 24.9 Å². The number of aliphatic imine (C=N–C) groups is 1. The molecule has 5 unspecified atom stereocenters. The fourth-order valence-corrected chi connectivity index (χ4v) is 5.55. The average Bonchev–Trinajstić information content (AvgIpc) is 3.17. The summed E-state index contributed by atoms with van der Waals surface area (Å²) in [6.07, 6.45) is -2.12. The normalized spacial score (nSPS) is 25.8. The van der Waals surface area contributed by atoms with Crippen molar-refractivity contribution >= 4 is 35.1 Å². The molecule has 17 nitrogen and oxygen atoms in total. The molecule has 0 radical (unpaired) electrons. The number of nitrogens with two attached hydrogens (primary N) is 2. The largest absolute Gasteiger partial charge is 0.490 e. The number of hydrogen-bond acceptors (Lipinski definition) is 11. The van der Waals surface area contributed by atoms with E-state index in [2.05, 4.69) is 35.1 Å². The molecule has 0 saturated carbocycles. The molecule has 5 atom stereocenters. The topological polar surface area (TPSA) is 263 Å². The van der Waals surface area contributed by atoms with Crippen molar-refractivity contribution in [2.24, 2.45) is 10.8 Å². The first-order valence-electron chi connectivity index (χ1n) is 8.24. The molecule has 21 heteroatoms. The highest BCUT2D eigenvalue weighted by atomic mass is 31.3. The van der Waals surface area contributed by atoms with Crippen LogP contribution < -0.4 is 17.0 Å². The van der Waals surface area contributed by atoms with E-state index in [4.69, 9.17) is 31.0 Å². The van der Waals surface area contributed by atoms with Gasteiger partial charge in [-0.3, -0.25) is 9.09 Å². The maximum absolute atomic E-state index is 14.4. The summed E-state index contributed by atoms with van der Waals surface area (Å²) in [5, 5.41) is 0. The zero-order chi connectivity index (χ0) is 24.3. The number of ether oxygens (including phenoxy) is 1. The minimum Gasteiger partial charge on any atom is -0.383 e. The third-order valence-electron chi connectivity index (χ3n) is 3.70. The third kappa shape index (κ3) is 7.25. The summed E-state index contributed by atoms with van der Waals surface area (Å²) in [4.78, 5) is 43.4. The zero-order valence-electron chi connectivity index (χ0n) is 15.9. The van der Waals surface area contributed by atoms with Gasteiger partial charge in [-0.05, 0) is 0 Å². The molecule has 1 aliphatic rings. The predicted molar refractivity (Wildman–Crippen MR) is 104 cm³/mol. The quantitative estimate of drug-likeness (QED) is 0.0686. The highest BCUT2D eigenvalue weighted by Gasteiger charge is 2.43. The Morgan fingerprint density at radius 1 is 1.38 bits per heavy atom. The second-order valence-corrected chi connectivity index (χ2v) is 10.4. The van der Waals surface area contributed by atoms with Crippen molar-refractivity contribution in [3.05, 3.63) is 24.8 Å². The summed E-state index contributed by atoms with van der Waals surface area (Å²) in [5.74, 6) is 5.39. The predicted octanol–water partition coefficient (Wildman–Crippen LogP) is -0.212. The summed E-state index contributed by atoms with van der Waals surface area (Å²) >= 11 is 0. The molecule has 0 aromatic carbocycles. The molecule has 2 heterocycles. The second kappa shape index (κ2) is 10.2. The Morgan fingerprint density at radius 3 is 2.59 bits per heavy atom. The number of rotatable bonds is 10. The monoisotopic (exact) mass is 524 g/mol. The number of anilines is 1. The number of aromatic nitrogens is 2. The molecule has 1 aromatic rings. The molecule has 32 heavy (non-hydrogen) atoms. The lowest BCUT2D eigenvalue weighted by atomic mass is 10.2. The minimum atomic E-state index is -5.69. The van der Waals surface area contributed by atoms with Crippen molar-refractivity contribution in [3.8, 4) is 0 Å². The summed E-state index contributed by atoms with van der Waals surface area (Å²) in [6.45, 7) is 2.46. The molecular weight excluding hydrogens is 504 g/mol. The van der Waals surface area contributed by atoms with Crippen LogP contribution in [0.4, 0.5) is 10.2 Å². The molecule has 0 spiro atoms. The number of nitrogen functional groups attached to an aromatic ring is 1. The number of alkyl halides is 1. The molecule has 1 saturated heterocycles. The van der Waals surface area contributed by atoms with E-state index < -0.39 is 48.6 Å². The summed E-state index contributed by atoms with van der Waals surface area (Å²) < 4.78 is 66.1. The van der Waals surface area contributed by atoms with E-state index in [1.54, 1.807) is 0 Å². The van der Waals surface area contributed by atoms with Crippen LogP contribution in [0.2, 0.25) is 0 Å². The number of nitrogens with zero attached hydrogens (tertiary/aromatic N) is 3. The molecule has 0 amide bonds. The van der Waals surface area contributed by atoms with Gasteiger partial charge >= 0.3 is 23.5 Å². The number of amidine groups is 1. The van der Waals surface area contributed by atoms with Gasteiger partial charge in [-0.15, -0.1) is 0 Å². The van der Waals surface area contributed by atoms with Gasteiger partial charge in [0.2, 0.25) is 0 Å². The van der Waals surface area contributed by atoms with Gasteiger partial charge in [0.05, 0.1) is 12.9 Å². The molecule has 9 N–H and O–H groups in total. The van der Waals surface area contributed by atoms with E-state index in [0.29, 0.717) is 0 Å². The van der Waals surface area contributed by atoms with Crippen LogP contribution in [0.25, 0.3) is 0 Å². The van der Waals surface area contributed by atoms with E-state index in [1.807, 2.05) is 0 Å². The molecule has 0 aliphatic carbocycles. The van der Waals surface area contributed by atoms with Crippen LogP contribution in [-0.2, 0) is 31.6 Å². The van der Waals surface area contributed by atoms with E-state index in [0.717, 1.165) is 0 Å². The number of halogens is 1. The Balaban J connectivity index is 2.04. The number of hydrogen-bond donors (Lipinski definition) is 7. The third-order valence-corrected chi connectivity index (χ3v) is 7.51. The first kappa shape index (κ1) is 26.7. The van der Waals surface area contributed by atoms with E-state index in [-0.39, 0.29) is 23.8 Å². The summed E-state index contributed by atoms with van der Waals surface area (Å²) in [5.41, 5.74) is 8.34. The molecule has 1 fully saturated rings. The molecule has 2 rings (SSSR count). The highest BCUT2D eigenvalue weighted by Crippen LogP contribution is 2.66. The lowest BCUT2D eigenvalue weighted by Gasteiger charge is -2.19. The molecule has 1 aliphatic heterocycles. The first-order valence-corrected chi connectivity index (χ1v) is 12.8. The number of nitrogens with one attached hydrogen (secondary N) is 1. The SMILES string of the molecule is C=CN=C(NN)c1ncn(C2CC(F)C(COP(=O)(O)OP(=O)(O)OP(=O)(O)O)O2)c1N. The number of phosphoric ester groups is 1. The number of imidazole rings is 1. The lowest BCUT2D eigenvalue weighted by Crippen LogP contribution is -2.32. The van der Waals surface area contributed by atoms with Gasteiger partial charge in [-0.2, -0.15) is 8.62 Å². The van der Waals surface area contributed by atoms with Crippen LogP contribution in [0, 0.1) is 0 Å². The molecule has 0 bridgehead atoms. The van der Waals surface area contributed by atoms with Gasteiger partial charge in [-0.25, -0.2) is 33.9 Å². The van der Waals surface area contributed by atoms with Crippen LogP contribution in [-0.4, -0.2) is 53.8 Å². The fraction of sp³-hybridized carbons (Fsp3) is 0.455. The van der Waals surface area contributed by atoms with Crippen molar-refractivity contribution in [1.29, 1.82) is 0 Å². The maximum Gasteiger partial charge on any atom is 0.490 e. The average molecular weight is 524 g/mol. The Bertz CT molecular complexity index is 1010. The van der Waals surface area contributed by atoms with Gasteiger partial charge in [0, 0.05) is 12.6 Å². The van der Waals surface area contributed by atoms with E-state index in [1.165, 1.54) is 17.1 Å². The van der Waals surface area contributed by atoms with Crippen LogP contribution in [0.3, 0.4) is 0 Å². The van der Waals surface area contributed by atoms with Crippen LogP contribution in [0.1, 0.15) is 18.3 Å². The minimum absolute atomic E-state index is 0.00529. The fourth-order valence-electron chi connectivity index (χ4n) is 2.52. The van der Waals surface area contributed by atoms with Gasteiger partial charge < -0.3 is 35.5 Å². The summed E-state index contributed by atoms with van der Waals surface area (Å²) in [7, 11) is -16.7. The smallest absolute Gasteiger partial charge is 0.383 e. The standard InChI is InChI=1S/C11H20FN6O11P3/c1-2-15-11(17-14)9-10(13)18(5-16-9)8-3-6(12)7(27-8)4-26-31(22,23)29-32(24,25)28-30(19,20)21/h2,5-8H,1,3-4,13-14H2,(H,15,17)(H,22,23)(H,24,25)(H2,19,20,21). The van der Waals surface area contributed by atoms with E-state index in [9.17, 15) is 23.0 Å². The van der Waals surface area contributed by atoms with Gasteiger partial charge in [0.15, 0.2) is 5.84 Å². The molecule has 1 aromatic heterocycles. The second-order valence-electron chi connectivity index (χ2n) is 5.96. The Morgan fingerprint density at radius 2 is 2.03 bits per heavy atom. The Hall–Kier alpha value is -1.52. The van der Waals surface area contributed by atoms with Crippen molar-refractivity contribution < 1.29 is 55.5 Å². The number of phosphoric acid groups is 3. The number of hydrazine groups is 1. The maximum atomic E-state index is 14.4. The highest BCUT2D eigenvalue weighted by molar-refractivity contribution is 7.66. The van der Waals surface area contributed by atoms with Crippen LogP contribution in [0.15, 0.2) is 24.1 Å². The molecule has 182 valence electrons. The molecular formula is C11H20FN6O11P3.